The molecule has 0 aromatic heterocycles. The van der Waals surface area contributed by atoms with Gasteiger partial charge in [-0.15, -0.1) is 0 Å². The topological polar surface area (TPSA) is 12.0 Å². The molecule has 1 N–H and O–H groups in total. The van der Waals surface area contributed by atoms with Crippen molar-refractivity contribution in [2.45, 2.75) is 30.3 Å². The van der Waals surface area contributed by atoms with Crippen LogP contribution < -0.4 is 5.32 Å². The van der Waals surface area contributed by atoms with Crippen molar-refractivity contribution in [1.29, 1.82) is 0 Å². The van der Waals surface area contributed by atoms with E-state index in [9.17, 15) is 22.0 Å². The third-order valence-corrected chi connectivity index (χ3v) is 3.12. The molecule has 1 saturated heterocycles. The second kappa shape index (κ2) is 4.22. The van der Waals surface area contributed by atoms with E-state index in [2.05, 4.69) is 5.32 Å². The van der Waals surface area contributed by atoms with Crippen LogP contribution in [0.2, 0.25) is 0 Å². The highest BCUT2D eigenvalue weighted by molar-refractivity contribution is 8.00. The van der Waals surface area contributed by atoms with Gasteiger partial charge in [0.25, 0.3) is 0 Å². The molecule has 1 heterocycles. The summed E-state index contributed by atoms with van der Waals surface area (Å²) in [5.74, 6) is -0.202. The molecule has 1 aliphatic rings. The quantitative estimate of drug-likeness (QED) is 0.755. The van der Waals surface area contributed by atoms with Crippen molar-refractivity contribution in [3.63, 3.8) is 0 Å². The molecule has 1 rings (SSSR count). The molecule has 7 heteroatoms. The molecule has 0 aliphatic carbocycles. The van der Waals surface area contributed by atoms with Gasteiger partial charge in [0.15, 0.2) is 0 Å². The summed E-state index contributed by atoms with van der Waals surface area (Å²) in [4.78, 5) is 0. The molecule has 0 unspecified atom stereocenters. The summed E-state index contributed by atoms with van der Waals surface area (Å²) in [5.41, 5.74) is 0. The van der Waals surface area contributed by atoms with Gasteiger partial charge in [-0.25, -0.2) is 0 Å². The zero-order valence-electron chi connectivity index (χ0n) is 7.20. The van der Waals surface area contributed by atoms with Crippen LogP contribution in [-0.4, -0.2) is 29.8 Å². The van der Waals surface area contributed by atoms with Crippen molar-refractivity contribution in [3.8, 4) is 0 Å². The van der Waals surface area contributed by atoms with Crippen LogP contribution in [0.15, 0.2) is 0 Å². The molecular weight excluding hydrogens is 225 g/mol. The lowest BCUT2D eigenvalue weighted by molar-refractivity contribution is -0.237. The van der Waals surface area contributed by atoms with E-state index in [0.717, 1.165) is 6.42 Å². The fourth-order valence-electron chi connectivity index (χ4n) is 1.19. The molecule has 0 aromatic rings. The first-order valence-electron chi connectivity index (χ1n) is 4.15. The molecule has 0 saturated carbocycles. The van der Waals surface area contributed by atoms with Gasteiger partial charge in [-0.2, -0.15) is 22.0 Å². The summed E-state index contributed by atoms with van der Waals surface area (Å²) in [7, 11) is 0. The Bertz CT molecular complexity index is 187. The van der Waals surface area contributed by atoms with Crippen molar-refractivity contribution in [1.82, 2.24) is 5.32 Å². The van der Waals surface area contributed by atoms with Gasteiger partial charge in [-0.05, 0) is 19.4 Å². The number of hydrogen-bond donors (Lipinski definition) is 1. The zero-order valence-corrected chi connectivity index (χ0v) is 8.02. The highest BCUT2D eigenvalue weighted by Gasteiger charge is 2.58. The Balaban J connectivity index is 2.35. The highest BCUT2D eigenvalue weighted by atomic mass is 32.2. The Morgan fingerprint density at radius 2 is 1.86 bits per heavy atom. The zero-order chi connectivity index (χ0) is 10.8. The van der Waals surface area contributed by atoms with E-state index < -0.39 is 11.4 Å². The van der Waals surface area contributed by atoms with Gasteiger partial charge in [-0.1, -0.05) is 11.8 Å². The molecule has 84 valence electrons. The SMILES string of the molecule is FC(F)(F)C(F)(F)SC[C@H]1CCCN1. The van der Waals surface area contributed by atoms with E-state index in [1.165, 1.54) is 0 Å². The molecule has 0 spiro atoms. The molecule has 0 aromatic carbocycles. The predicted molar refractivity (Wildman–Crippen MR) is 44.5 cm³/mol. The summed E-state index contributed by atoms with van der Waals surface area (Å²) >= 11 is -0.338. The molecule has 1 atom stereocenters. The van der Waals surface area contributed by atoms with Crippen molar-refractivity contribution >= 4 is 11.8 Å². The second-order valence-electron chi connectivity index (χ2n) is 3.12. The smallest absolute Gasteiger partial charge is 0.313 e. The van der Waals surface area contributed by atoms with Gasteiger partial charge >= 0.3 is 11.4 Å². The minimum atomic E-state index is -5.45. The van der Waals surface area contributed by atoms with Crippen LogP contribution in [0.5, 0.6) is 0 Å². The van der Waals surface area contributed by atoms with Crippen molar-refractivity contribution in [3.05, 3.63) is 0 Å². The number of halogens is 5. The number of thioether (sulfide) groups is 1. The predicted octanol–water partition coefficient (Wildman–Crippen LogP) is 2.63. The number of rotatable bonds is 3. The van der Waals surface area contributed by atoms with Crippen LogP contribution in [0.25, 0.3) is 0 Å². The largest absolute Gasteiger partial charge is 0.464 e. The van der Waals surface area contributed by atoms with Gasteiger partial charge in [0, 0.05) is 11.8 Å². The van der Waals surface area contributed by atoms with E-state index >= 15 is 0 Å². The van der Waals surface area contributed by atoms with Crippen LogP contribution in [-0.2, 0) is 0 Å². The Kier molecular flexibility index (Phi) is 3.63. The van der Waals surface area contributed by atoms with E-state index in [1.807, 2.05) is 0 Å². The standard InChI is InChI=1S/C7H10F5NS/c8-6(9,10)7(11,12)14-4-5-2-1-3-13-5/h5,13H,1-4H2/t5-/m1/s1. The van der Waals surface area contributed by atoms with Gasteiger partial charge in [0.1, 0.15) is 0 Å². The summed E-state index contributed by atoms with van der Waals surface area (Å²) in [5, 5.41) is -1.77. The monoisotopic (exact) mass is 235 g/mol. The lowest BCUT2D eigenvalue weighted by Gasteiger charge is -2.20. The van der Waals surface area contributed by atoms with Gasteiger partial charge in [-0.3, -0.25) is 0 Å². The number of alkyl halides is 5. The van der Waals surface area contributed by atoms with Gasteiger partial charge in [0.2, 0.25) is 0 Å². The molecule has 1 nitrogen and oxygen atoms in total. The normalized spacial score (nSPS) is 24.2. The Hall–Kier alpha value is -0.0400. The first kappa shape index (κ1) is 12.0. The lowest BCUT2D eigenvalue weighted by Crippen LogP contribution is -2.35. The van der Waals surface area contributed by atoms with E-state index in [-0.39, 0.29) is 23.6 Å². The summed E-state index contributed by atoms with van der Waals surface area (Å²) in [6.07, 6.45) is -3.94. The fourth-order valence-corrected chi connectivity index (χ4v) is 2.04. The molecule has 1 fully saturated rings. The van der Waals surface area contributed by atoms with E-state index in [0.29, 0.717) is 13.0 Å². The summed E-state index contributed by atoms with van der Waals surface area (Å²) in [6.45, 7) is 0.697. The summed E-state index contributed by atoms with van der Waals surface area (Å²) in [6, 6.07) is -0.215. The fraction of sp³-hybridized carbons (Fsp3) is 1.00. The van der Waals surface area contributed by atoms with Crippen molar-refractivity contribution < 1.29 is 22.0 Å². The lowest BCUT2D eigenvalue weighted by atomic mass is 10.3. The van der Waals surface area contributed by atoms with Crippen molar-refractivity contribution in [2.75, 3.05) is 12.3 Å². The first-order chi connectivity index (χ1) is 6.33. The minimum Gasteiger partial charge on any atom is -0.313 e. The second-order valence-corrected chi connectivity index (χ2v) is 4.25. The Morgan fingerprint density at radius 3 is 2.29 bits per heavy atom. The van der Waals surface area contributed by atoms with Crippen LogP contribution >= 0.6 is 11.8 Å². The highest BCUT2D eigenvalue weighted by Crippen LogP contribution is 2.44. The minimum absolute atomic E-state index is 0.202. The van der Waals surface area contributed by atoms with Crippen LogP contribution in [0.1, 0.15) is 12.8 Å². The molecule has 0 amide bonds. The van der Waals surface area contributed by atoms with E-state index in [4.69, 9.17) is 0 Å². The molecule has 14 heavy (non-hydrogen) atoms. The van der Waals surface area contributed by atoms with Gasteiger partial charge < -0.3 is 5.32 Å². The Morgan fingerprint density at radius 1 is 1.21 bits per heavy atom. The Labute approximate surface area is 82.4 Å². The number of hydrogen-bond acceptors (Lipinski definition) is 2. The first-order valence-corrected chi connectivity index (χ1v) is 5.13. The maximum absolute atomic E-state index is 12.4. The third-order valence-electron chi connectivity index (χ3n) is 1.96. The van der Waals surface area contributed by atoms with Gasteiger partial charge in [0.05, 0.1) is 0 Å². The molecular formula is C7H10F5NS. The molecule has 0 radical (unpaired) electrons. The van der Waals surface area contributed by atoms with Crippen LogP contribution in [0, 0.1) is 0 Å². The molecule has 1 aliphatic heterocycles. The molecule has 0 bridgehead atoms. The van der Waals surface area contributed by atoms with Crippen LogP contribution in [0.4, 0.5) is 22.0 Å². The maximum atomic E-state index is 12.4. The van der Waals surface area contributed by atoms with Crippen molar-refractivity contribution in [2.24, 2.45) is 0 Å². The maximum Gasteiger partial charge on any atom is 0.464 e. The van der Waals surface area contributed by atoms with Crippen LogP contribution in [0.3, 0.4) is 0 Å². The van der Waals surface area contributed by atoms with E-state index in [1.54, 1.807) is 0 Å². The number of nitrogens with one attached hydrogen (secondary N) is 1. The summed E-state index contributed by atoms with van der Waals surface area (Å²) < 4.78 is 59.9. The third kappa shape index (κ3) is 2.98. The average Bonchev–Trinajstić information content (AvgIpc) is 2.50. The average molecular weight is 235 g/mol.